The molecule has 8 aromatic carbocycles. The molecule has 0 saturated heterocycles. The minimum Gasteiger partial charge on any atom is -0.485 e. The fraction of sp³-hybridized carbons (Fsp3) is 0.0455. The van der Waals surface area contributed by atoms with Crippen LogP contribution in [0.15, 0.2) is 164 Å². The van der Waals surface area contributed by atoms with E-state index < -0.39 is 0 Å². The molecule has 1 aliphatic heterocycles. The van der Waals surface area contributed by atoms with E-state index >= 15 is 0 Å². The summed E-state index contributed by atoms with van der Waals surface area (Å²) in [7, 11) is 0. The van der Waals surface area contributed by atoms with Gasteiger partial charge >= 0.3 is 0 Å². The van der Waals surface area contributed by atoms with Crippen LogP contribution < -0.4 is 0 Å². The second kappa shape index (κ2) is 10.5. The highest BCUT2D eigenvalue weighted by atomic mass is 16.5. The van der Waals surface area contributed by atoms with Crippen molar-refractivity contribution < 1.29 is 4.74 Å². The quantitative estimate of drug-likeness (QED) is 0.150. The Bertz CT molecular complexity index is 2360. The first-order chi connectivity index (χ1) is 22.3. The molecule has 0 spiro atoms. The van der Waals surface area contributed by atoms with Crippen molar-refractivity contribution in [2.75, 3.05) is 0 Å². The lowest BCUT2D eigenvalue weighted by molar-refractivity contribution is 0.194. The number of hydrogen-bond donors (Lipinski definition) is 0. The maximum absolute atomic E-state index is 6.52. The lowest BCUT2D eigenvalue weighted by atomic mass is 9.91. The molecule has 1 nitrogen and oxygen atoms in total. The second-order valence-corrected chi connectivity index (χ2v) is 12.0. The van der Waals surface area contributed by atoms with E-state index in [0.717, 1.165) is 17.7 Å². The number of rotatable bonds is 4. The number of benzene rings is 8. The van der Waals surface area contributed by atoms with Crippen LogP contribution in [0, 0.1) is 0 Å². The fourth-order valence-corrected chi connectivity index (χ4v) is 7.06. The summed E-state index contributed by atoms with van der Waals surface area (Å²) >= 11 is 0. The molecule has 0 N–H and O–H groups in total. The molecule has 0 amide bonds. The van der Waals surface area contributed by atoms with Crippen molar-refractivity contribution in [2.45, 2.75) is 12.5 Å². The maximum atomic E-state index is 6.52. The molecule has 212 valence electrons. The molecule has 0 fully saturated rings. The molecular weight excluding hydrogens is 544 g/mol. The Balaban J connectivity index is 0.953. The van der Waals surface area contributed by atoms with Crippen LogP contribution in [0.2, 0.25) is 0 Å². The van der Waals surface area contributed by atoms with Crippen molar-refractivity contribution in [1.29, 1.82) is 0 Å². The van der Waals surface area contributed by atoms with Crippen molar-refractivity contribution in [1.82, 2.24) is 0 Å². The summed E-state index contributed by atoms with van der Waals surface area (Å²) < 4.78 is 6.52. The average molecular weight is 575 g/mol. The molecule has 1 aliphatic rings. The molecule has 1 heteroatoms. The predicted octanol–water partition coefficient (Wildman–Crippen LogP) is 12.1. The van der Waals surface area contributed by atoms with Gasteiger partial charge in [0.15, 0.2) is 0 Å². The van der Waals surface area contributed by atoms with Crippen LogP contribution in [0.3, 0.4) is 0 Å². The van der Waals surface area contributed by atoms with Crippen LogP contribution in [-0.2, 0) is 4.74 Å². The lowest BCUT2D eigenvalue weighted by Crippen LogP contribution is -1.97. The van der Waals surface area contributed by atoms with Gasteiger partial charge in [0.2, 0.25) is 0 Å². The molecule has 0 aliphatic carbocycles. The van der Waals surface area contributed by atoms with Crippen LogP contribution in [-0.4, -0.2) is 0 Å². The Hall–Kier alpha value is -5.66. The Morgan fingerprint density at radius 1 is 0.400 bits per heavy atom. The van der Waals surface area contributed by atoms with Crippen LogP contribution >= 0.6 is 0 Å². The first-order valence-electron chi connectivity index (χ1n) is 15.7. The monoisotopic (exact) mass is 574 g/mol. The largest absolute Gasteiger partial charge is 0.485 e. The van der Waals surface area contributed by atoms with E-state index in [-0.39, 0.29) is 6.10 Å². The average Bonchev–Trinajstić information content (AvgIpc) is 3.61. The summed E-state index contributed by atoms with van der Waals surface area (Å²) in [6.07, 6.45) is 3.13. The van der Waals surface area contributed by atoms with Crippen molar-refractivity contribution in [2.24, 2.45) is 0 Å². The normalized spacial score (nSPS) is 14.7. The van der Waals surface area contributed by atoms with E-state index in [1.54, 1.807) is 0 Å². The molecule has 1 heterocycles. The second-order valence-electron chi connectivity index (χ2n) is 12.0. The first kappa shape index (κ1) is 25.8. The third-order valence-corrected chi connectivity index (χ3v) is 9.38. The van der Waals surface area contributed by atoms with Gasteiger partial charge in [-0.1, -0.05) is 146 Å². The molecule has 1 atom stereocenters. The van der Waals surface area contributed by atoms with Crippen molar-refractivity contribution in [3.63, 3.8) is 0 Å². The highest BCUT2D eigenvalue weighted by Crippen LogP contribution is 2.40. The summed E-state index contributed by atoms with van der Waals surface area (Å²) in [4.78, 5) is 0. The Morgan fingerprint density at radius 2 is 0.933 bits per heavy atom. The van der Waals surface area contributed by atoms with E-state index in [0.29, 0.717) is 0 Å². The van der Waals surface area contributed by atoms with Crippen molar-refractivity contribution in [3.05, 3.63) is 175 Å². The standard InChI is InChI=1S/C44H30O/c1-4-10-38-30(7-1)15-22-37-27-34(23-24-39(37)38)29-13-16-31(17-14-29)42-25-26-43(45-42)32-18-20-33(21-19-32)44-40-11-5-2-8-35(40)28-36-9-3-6-12-41(36)44/h1-24,26-28,42H,25H2. The predicted molar refractivity (Wildman–Crippen MR) is 190 cm³/mol. The molecule has 0 saturated carbocycles. The number of fused-ring (bicyclic) bond motifs is 5. The van der Waals surface area contributed by atoms with E-state index in [2.05, 4.69) is 164 Å². The topological polar surface area (TPSA) is 9.23 Å². The van der Waals surface area contributed by atoms with E-state index in [9.17, 15) is 0 Å². The third-order valence-electron chi connectivity index (χ3n) is 9.38. The van der Waals surface area contributed by atoms with Crippen LogP contribution in [0.1, 0.15) is 23.7 Å². The summed E-state index contributed by atoms with van der Waals surface area (Å²) in [5.41, 5.74) is 7.28. The van der Waals surface area contributed by atoms with Gasteiger partial charge in [0.05, 0.1) is 0 Å². The summed E-state index contributed by atoms with van der Waals surface area (Å²) in [5, 5.41) is 10.2. The molecule has 0 bridgehead atoms. The van der Waals surface area contributed by atoms with E-state index in [1.165, 1.54) is 70.9 Å². The minimum absolute atomic E-state index is 0.0266. The van der Waals surface area contributed by atoms with E-state index in [1.807, 2.05) is 0 Å². The van der Waals surface area contributed by atoms with Gasteiger partial charge < -0.3 is 4.74 Å². The molecule has 0 aromatic heterocycles. The summed E-state index contributed by atoms with van der Waals surface area (Å²) in [5.74, 6) is 0.958. The van der Waals surface area contributed by atoms with Gasteiger partial charge in [-0.25, -0.2) is 0 Å². The molecule has 0 radical (unpaired) electrons. The van der Waals surface area contributed by atoms with Crippen LogP contribution in [0.5, 0.6) is 0 Å². The molecular formula is C44H30O. The number of hydrogen-bond acceptors (Lipinski definition) is 1. The zero-order chi connectivity index (χ0) is 29.7. The molecule has 9 rings (SSSR count). The molecule has 45 heavy (non-hydrogen) atoms. The Kier molecular flexibility index (Phi) is 6.02. The maximum Gasteiger partial charge on any atom is 0.127 e. The highest BCUT2D eigenvalue weighted by molar-refractivity contribution is 6.12. The van der Waals surface area contributed by atoms with Gasteiger partial charge in [-0.05, 0) is 89.1 Å². The van der Waals surface area contributed by atoms with Crippen LogP contribution in [0.4, 0.5) is 0 Å². The fourth-order valence-electron chi connectivity index (χ4n) is 7.06. The number of ether oxygens (including phenoxy) is 1. The highest BCUT2D eigenvalue weighted by Gasteiger charge is 2.21. The van der Waals surface area contributed by atoms with Crippen molar-refractivity contribution in [3.8, 4) is 22.3 Å². The smallest absolute Gasteiger partial charge is 0.127 e. The molecule has 8 aromatic rings. The van der Waals surface area contributed by atoms with E-state index in [4.69, 9.17) is 4.74 Å². The minimum atomic E-state index is 0.0266. The Labute approximate surface area is 262 Å². The SMILES string of the molecule is C1=C(c2ccc(-c3c4ccccc4cc4ccccc34)cc2)OC(c2ccc(-c3ccc4c(ccc5ccccc54)c3)cc2)C1. The van der Waals surface area contributed by atoms with Gasteiger partial charge in [-0.15, -0.1) is 0 Å². The van der Waals surface area contributed by atoms with Gasteiger partial charge in [0.1, 0.15) is 11.9 Å². The van der Waals surface area contributed by atoms with Gasteiger partial charge in [0, 0.05) is 12.0 Å². The zero-order valence-electron chi connectivity index (χ0n) is 24.8. The zero-order valence-corrected chi connectivity index (χ0v) is 24.8. The molecule has 1 unspecified atom stereocenters. The summed E-state index contributed by atoms with van der Waals surface area (Å²) in [6.45, 7) is 0. The van der Waals surface area contributed by atoms with Crippen LogP contribution in [0.25, 0.3) is 71.1 Å². The lowest BCUT2D eigenvalue weighted by Gasteiger charge is -2.16. The Morgan fingerprint density at radius 3 is 1.67 bits per heavy atom. The van der Waals surface area contributed by atoms with Gasteiger partial charge in [-0.3, -0.25) is 0 Å². The van der Waals surface area contributed by atoms with Gasteiger partial charge in [-0.2, -0.15) is 0 Å². The van der Waals surface area contributed by atoms with Crippen molar-refractivity contribution >= 4 is 48.8 Å². The third kappa shape index (κ3) is 4.48. The summed E-state index contributed by atoms with van der Waals surface area (Å²) in [6, 6.07) is 57.2. The van der Waals surface area contributed by atoms with Gasteiger partial charge in [0.25, 0.3) is 0 Å². The first-order valence-corrected chi connectivity index (χ1v) is 15.7.